The molecule has 0 fully saturated rings. The average Bonchev–Trinajstić information content (AvgIpc) is 3.78. The van der Waals surface area contributed by atoms with Gasteiger partial charge < -0.3 is 0 Å². The third-order valence-corrected chi connectivity index (χ3v) is 9.19. The van der Waals surface area contributed by atoms with E-state index in [1.54, 1.807) is 12.1 Å². The van der Waals surface area contributed by atoms with Gasteiger partial charge in [0.25, 0.3) is 11.8 Å². The number of anilines is 2. The summed E-state index contributed by atoms with van der Waals surface area (Å²) in [4.78, 5) is 35.9. The van der Waals surface area contributed by atoms with E-state index in [-0.39, 0.29) is 11.8 Å². The zero-order valence-corrected chi connectivity index (χ0v) is 23.8. The largest absolute Gasteiger partial charge is 0.297 e. The standard InChI is InChI=1S/C32H20N4O2S3/c37-29(35-31-33-25(17-39-31)23-11-9-19-5-1-3-7-21(19)15-23)27-13-14-28(41-27)30(38)36-32-34-26(18-40-32)24-12-10-20-6-2-4-8-22(20)16-24/h1-18H,(H,33,35,37)(H,34,36,38). The Morgan fingerprint density at radius 2 is 0.976 bits per heavy atom. The van der Waals surface area contributed by atoms with Crippen LogP contribution in [0.3, 0.4) is 0 Å². The Kier molecular flexibility index (Phi) is 6.60. The fourth-order valence-electron chi connectivity index (χ4n) is 4.52. The smallest absolute Gasteiger partial charge is 0.267 e. The molecule has 0 aliphatic heterocycles. The average molecular weight is 589 g/mol. The summed E-state index contributed by atoms with van der Waals surface area (Å²) in [6, 6.07) is 32.0. The second-order valence-corrected chi connectivity index (χ2v) is 12.1. The van der Waals surface area contributed by atoms with Crippen LogP contribution in [0, 0.1) is 0 Å². The summed E-state index contributed by atoms with van der Waals surface area (Å²) in [5.41, 5.74) is 3.57. The van der Waals surface area contributed by atoms with E-state index in [0.717, 1.165) is 55.4 Å². The summed E-state index contributed by atoms with van der Waals surface area (Å²) < 4.78 is 0. The molecule has 41 heavy (non-hydrogen) atoms. The van der Waals surface area contributed by atoms with Crippen molar-refractivity contribution in [1.82, 2.24) is 9.97 Å². The van der Waals surface area contributed by atoms with Crippen LogP contribution < -0.4 is 10.6 Å². The maximum atomic E-state index is 12.9. The molecule has 7 aromatic rings. The van der Waals surface area contributed by atoms with E-state index in [4.69, 9.17) is 0 Å². The van der Waals surface area contributed by atoms with Gasteiger partial charge in [0.1, 0.15) is 0 Å². The van der Waals surface area contributed by atoms with E-state index in [1.807, 2.05) is 47.2 Å². The number of nitrogens with one attached hydrogen (secondary N) is 2. The highest BCUT2D eigenvalue weighted by atomic mass is 32.1. The Balaban J connectivity index is 1.01. The summed E-state index contributed by atoms with van der Waals surface area (Å²) in [6.07, 6.45) is 0. The van der Waals surface area contributed by atoms with Gasteiger partial charge in [-0.15, -0.1) is 34.0 Å². The molecule has 0 saturated heterocycles. The molecular formula is C32H20N4O2S3. The third-order valence-electron chi connectivity index (χ3n) is 6.59. The van der Waals surface area contributed by atoms with Crippen LogP contribution in [0.1, 0.15) is 19.3 Å². The van der Waals surface area contributed by atoms with E-state index in [0.29, 0.717) is 20.0 Å². The molecule has 198 valence electrons. The van der Waals surface area contributed by atoms with Crippen LogP contribution in [0.15, 0.2) is 108 Å². The van der Waals surface area contributed by atoms with Gasteiger partial charge in [-0.2, -0.15) is 0 Å². The van der Waals surface area contributed by atoms with Crippen LogP contribution in [0.25, 0.3) is 44.1 Å². The van der Waals surface area contributed by atoms with Crippen molar-refractivity contribution in [3.63, 3.8) is 0 Å². The number of carbonyl (C=O) groups is 2. The predicted octanol–water partition coefficient (Wildman–Crippen LogP) is 8.81. The Morgan fingerprint density at radius 3 is 1.44 bits per heavy atom. The molecule has 2 N–H and O–H groups in total. The number of benzene rings is 4. The zero-order chi connectivity index (χ0) is 27.8. The number of aromatic nitrogens is 2. The molecule has 0 saturated carbocycles. The van der Waals surface area contributed by atoms with E-state index in [2.05, 4.69) is 69.1 Å². The lowest BCUT2D eigenvalue weighted by Crippen LogP contribution is -2.11. The van der Waals surface area contributed by atoms with Crippen molar-refractivity contribution in [3.8, 4) is 22.5 Å². The van der Waals surface area contributed by atoms with Crippen LogP contribution in [-0.4, -0.2) is 21.8 Å². The molecule has 0 atom stereocenters. The van der Waals surface area contributed by atoms with Crippen molar-refractivity contribution in [1.29, 1.82) is 0 Å². The molecule has 0 bridgehead atoms. The second kappa shape index (κ2) is 10.7. The van der Waals surface area contributed by atoms with Crippen molar-refractivity contribution in [2.75, 3.05) is 10.6 Å². The van der Waals surface area contributed by atoms with E-state index >= 15 is 0 Å². The van der Waals surface area contributed by atoms with Crippen molar-refractivity contribution < 1.29 is 9.59 Å². The minimum atomic E-state index is -0.304. The number of nitrogens with zero attached hydrogens (tertiary/aromatic N) is 2. The summed E-state index contributed by atoms with van der Waals surface area (Å²) >= 11 is 3.85. The molecular weight excluding hydrogens is 569 g/mol. The van der Waals surface area contributed by atoms with Crippen LogP contribution >= 0.6 is 34.0 Å². The minimum absolute atomic E-state index is 0.304. The predicted molar refractivity (Wildman–Crippen MR) is 170 cm³/mol. The van der Waals surface area contributed by atoms with Crippen LogP contribution in [0.5, 0.6) is 0 Å². The number of thiophene rings is 1. The molecule has 0 aliphatic rings. The van der Waals surface area contributed by atoms with E-state index in [9.17, 15) is 9.59 Å². The topological polar surface area (TPSA) is 84.0 Å². The van der Waals surface area contributed by atoms with Crippen molar-refractivity contribution in [2.24, 2.45) is 0 Å². The number of carbonyl (C=O) groups excluding carboxylic acids is 2. The highest BCUT2D eigenvalue weighted by molar-refractivity contribution is 7.17. The Hall–Kier alpha value is -4.70. The number of rotatable bonds is 6. The van der Waals surface area contributed by atoms with Crippen molar-refractivity contribution >= 4 is 77.6 Å². The first-order valence-electron chi connectivity index (χ1n) is 12.7. The molecule has 2 amide bonds. The van der Waals surface area contributed by atoms with Gasteiger partial charge in [0.15, 0.2) is 10.3 Å². The van der Waals surface area contributed by atoms with Crippen LogP contribution in [0.2, 0.25) is 0 Å². The normalized spacial score (nSPS) is 11.1. The molecule has 0 radical (unpaired) electrons. The van der Waals surface area contributed by atoms with E-state index in [1.165, 1.54) is 22.7 Å². The number of hydrogen-bond donors (Lipinski definition) is 2. The van der Waals surface area contributed by atoms with Gasteiger partial charge in [-0.1, -0.05) is 72.8 Å². The summed E-state index contributed by atoms with van der Waals surface area (Å²) in [5, 5.41) is 15.2. The fraction of sp³-hybridized carbons (Fsp3) is 0. The number of hydrogen-bond acceptors (Lipinski definition) is 7. The highest BCUT2D eigenvalue weighted by Gasteiger charge is 2.17. The van der Waals surface area contributed by atoms with Gasteiger partial charge in [0.05, 0.1) is 21.1 Å². The SMILES string of the molecule is O=C(Nc1nc(-c2ccc3ccccc3c2)cs1)c1ccc(C(=O)Nc2nc(-c3ccc4ccccc4c3)cs2)s1. The fourth-order valence-corrected chi connectivity index (χ4v) is 6.75. The molecule has 6 nitrogen and oxygen atoms in total. The number of fused-ring (bicyclic) bond motifs is 2. The summed E-state index contributed by atoms with van der Waals surface area (Å²) in [5.74, 6) is -0.609. The molecule has 4 aromatic carbocycles. The van der Waals surface area contributed by atoms with Crippen molar-refractivity contribution in [2.45, 2.75) is 0 Å². The van der Waals surface area contributed by atoms with Gasteiger partial charge in [-0.25, -0.2) is 9.97 Å². The first-order valence-corrected chi connectivity index (χ1v) is 15.3. The second-order valence-electron chi connectivity index (χ2n) is 9.27. The van der Waals surface area contributed by atoms with Gasteiger partial charge in [-0.3, -0.25) is 20.2 Å². The quantitative estimate of drug-likeness (QED) is 0.203. The van der Waals surface area contributed by atoms with Crippen LogP contribution in [0.4, 0.5) is 10.3 Å². The minimum Gasteiger partial charge on any atom is -0.297 e. The molecule has 0 unspecified atom stereocenters. The third kappa shape index (κ3) is 5.26. The highest BCUT2D eigenvalue weighted by Crippen LogP contribution is 2.30. The maximum absolute atomic E-state index is 12.9. The number of amides is 2. The lowest BCUT2D eigenvalue weighted by Gasteiger charge is -2.02. The molecule has 0 spiro atoms. The molecule has 0 aliphatic carbocycles. The molecule has 9 heteroatoms. The lowest BCUT2D eigenvalue weighted by atomic mass is 10.1. The first-order chi connectivity index (χ1) is 20.1. The molecule has 3 heterocycles. The Bertz CT molecular complexity index is 1930. The van der Waals surface area contributed by atoms with Gasteiger partial charge in [0.2, 0.25) is 0 Å². The van der Waals surface area contributed by atoms with Crippen LogP contribution in [-0.2, 0) is 0 Å². The number of thiazole rings is 2. The summed E-state index contributed by atoms with van der Waals surface area (Å²) in [7, 11) is 0. The van der Waals surface area contributed by atoms with Gasteiger partial charge >= 0.3 is 0 Å². The monoisotopic (exact) mass is 588 g/mol. The Morgan fingerprint density at radius 1 is 0.537 bits per heavy atom. The Labute approximate surface area is 247 Å². The maximum Gasteiger partial charge on any atom is 0.267 e. The van der Waals surface area contributed by atoms with E-state index < -0.39 is 0 Å². The first kappa shape index (κ1) is 25.3. The molecule has 3 aromatic heterocycles. The zero-order valence-electron chi connectivity index (χ0n) is 21.3. The molecule has 7 rings (SSSR count). The summed E-state index contributed by atoms with van der Waals surface area (Å²) in [6.45, 7) is 0. The van der Waals surface area contributed by atoms with Gasteiger partial charge in [-0.05, 0) is 45.8 Å². The lowest BCUT2D eigenvalue weighted by molar-refractivity contribution is 0.102. The van der Waals surface area contributed by atoms with Gasteiger partial charge in [0, 0.05) is 21.9 Å². The van der Waals surface area contributed by atoms with Crippen molar-refractivity contribution in [3.05, 3.63) is 118 Å².